The quantitative estimate of drug-likeness (QED) is 0.459. The maximum absolute atomic E-state index is 13.5. The summed E-state index contributed by atoms with van der Waals surface area (Å²) in [4.78, 5) is 30.7. The van der Waals surface area contributed by atoms with Gasteiger partial charge in [-0.05, 0) is 57.2 Å². The second-order valence-corrected chi connectivity index (χ2v) is 12.0. The molecule has 0 spiro atoms. The van der Waals surface area contributed by atoms with E-state index in [1.165, 1.54) is 11.3 Å². The lowest BCUT2D eigenvalue weighted by Crippen LogP contribution is -2.48. The molecule has 0 unspecified atom stereocenters. The van der Waals surface area contributed by atoms with Gasteiger partial charge >= 0.3 is 12.3 Å². The number of nitrogens with zero attached hydrogens (tertiary/aromatic N) is 3. The molecule has 1 aliphatic rings. The molecule has 0 saturated carbocycles. The van der Waals surface area contributed by atoms with E-state index in [1.807, 2.05) is 27.0 Å². The Balaban J connectivity index is 2.12. The van der Waals surface area contributed by atoms with Crippen LogP contribution < -0.4 is 10.2 Å². The number of ether oxygens (including phenoxy) is 1. The SMILES string of the molecule is CC(C)(C)c1cn(C[C@H]2CCCO2)c(=NC(=O)c2cc(C(F)(F)F)ccc2NN(C(=O)O)C(C)(C)C)s1. The van der Waals surface area contributed by atoms with E-state index < -0.39 is 29.3 Å². The van der Waals surface area contributed by atoms with Gasteiger partial charge in [0.1, 0.15) is 0 Å². The molecule has 12 heteroatoms. The Labute approximate surface area is 217 Å². The molecule has 1 fully saturated rings. The summed E-state index contributed by atoms with van der Waals surface area (Å²) in [7, 11) is 0. The highest BCUT2D eigenvalue weighted by Gasteiger charge is 2.33. The predicted molar refractivity (Wildman–Crippen MR) is 135 cm³/mol. The number of carbonyl (C=O) groups is 2. The zero-order chi connectivity index (χ0) is 27.8. The van der Waals surface area contributed by atoms with Crippen molar-refractivity contribution >= 4 is 29.0 Å². The average Bonchev–Trinajstić information content (AvgIpc) is 3.40. The molecule has 1 saturated heterocycles. The number of carbonyl (C=O) groups excluding carboxylic acids is 1. The number of hydrogen-bond acceptors (Lipinski definition) is 5. The summed E-state index contributed by atoms with van der Waals surface area (Å²) in [6.45, 7) is 12.0. The normalized spacial score (nSPS) is 17.2. The molecule has 0 bridgehead atoms. The van der Waals surface area contributed by atoms with Gasteiger partial charge in [-0.1, -0.05) is 20.8 Å². The second-order valence-electron chi connectivity index (χ2n) is 11.0. The van der Waals surface area contributed by atoms with Gasteiger partial charge < -0.3 is 14.4 Å². The fourth-order valence-corrected chi connectivity index (χ4v) is 4.77. The largest absolute Gasteiger partial charge is 0.464 e. The van der Waals surface area contributed by atoms with Crippen molar-refractivity contribution in [1.29, 1.82) is 0 Å². The van der Waals surface area contributed by atoms with Crippen LogP contribution in [0.2, 0.25) is 0 Å². The first-order valence-corrected chi connectivity index (χ1v) is 12.7. The molecule has 8 nitrogen and oxygen atoms in total. The van der Waals surface area contributed by atoms with Crippen molar-refractivity contribution in [3.8, 4) is 0 Å². The summed E-state index contributed by atoms with van der Waals surface area (Å²) in [5.41, 5.74) is -0.122. The fraction of sp³-hybridized carbons (Fsp3) is 0.560. The number of amides is 2. The first-order chi connectivity index (χ1) is 17.0. The van der Waals surface area contributed by atoms with Crippen molar-refractivity contribution in [3.05, 3.63) is 45.2 Å². The highest BCUT2D eigenvalue weighted by atomic mass is 32.1. The first kappa shape index (κ1) is 28.7. The topological polar surface area (TPSA) is 96.2 Å². The molecule has 0 radical (unpaired) electrons. The summed E-state index contributed by atoms with van der Waals surface area (Å²) in [5.74, 6) is -0.920. The Hall–Kier alpha value is -2.86. The molecule has 1 aliphatic heterocycles. The number of aromatic nitrogens is 1. The van der Waals surface area contributed by atoms with Crippen LogP contribution in [0.25, 0.3) is 0 Å². The van der Waals surface area contributed by atoms with E-state index in [0.717, 1.165) is 34.9 Å². The zero-order valence-corrected chi connectivity index (χ0v) is 22.6. The van der Waals surface area contributed by atoms with Gasteiger partial charge in [0.2, 0.25) is 0 Å². The number of hydrazine groups is 1. The van der Waals surface area contributed by atoms with Crippen molar-refractivity contribution in [3.63, 3.8) is 0 Å². The molecule has 2 amide bonds. The Morgan fingerprint density at radius 1 is 1.22 bits per heavy atom. The minimum Gasteiger partial charge on any atom is -0.464 e. The van der Waals surface area contributed by atoms with Gasteiger partial charge in [-0.3, -0.25) is 10.2 Å². The molecule has 1 atom stereocenters. The monoisotopic (exact) mass is 542 g/mol. The van der Waals surface area contributed by atoms with Gasteiger partial charge in [-0.2, -0.15) is 18.2 Å². The van der Waals surface area contributed by atoms with Crippen LogP contribution in [0.3, 0.4) is 0 Å². The summed E-state index contributed by atoms with van der Waals surface area (Å²) in [6.07, 6.45) is -2.41. The van der Waals surface area contributed by atoms with E-state index >= 15 is 0 Å². The van der Waals surface area contributed by atoms with Crippen LogP contribution in [0.5, 0.6) is 0 Å². The van der Waals surface area contributed by atoms with Crippen molar-refractivity contribution in [2.45, 2.75) is 84.2 Å². The van der Waals surface area contributed by atoms with Crippen LogP contribution in [0.15, 0.2) is 29.4 Å². The van der Waals surface area contributed by atoms with Crippen LogP contribution in [-0.2, 0) is 22.9 Å². The predicted octanol–water partition coefficient (Wildman–Crippen LogP) is 5.89. The van der Waals surface area contributed by atoms with Gasteiger partial charge in [-0.15, -0.1) is 11.3 Å². The zero-order valence-electron chi connectivity index (χ0n) is 21.8. The number of anilines is 1. The summed E-state index contributed by atoms with van der Waals surface area (Å²) in [5, 5.41) is 10.5. The van der Waals surface area contributed by atoms with Crippen LogP contribution >= 0.6 is 11.3 Å². The highest BCUT2D eigenvalue weighted by molar-refractivity contribution is 7.09. The van der Waals surface area contributed by atoms with Crippen LogP contribution in [0.4, 0.5) is 23.7 Å². The summed E-state index contributed by atoms with van der Waals surface area (Å²) in [6, 6.07) is 2.53. The lowest BCUT2D eigenvalue weighted by atomic mass is 9.95. The minimum absolute atomic E-state index is 0.0434. The van der Waals surface area contributed by atoms with Crippen LogP contribution in [-0.4, -0.2) is 44.9 Å². The van der Waals surface area contributed by atoms with E-state index in [-0.39, 0.29) is 22.8 Å². The first-order valence-electron chi connectivity index (χ1n) is 11.9. The molecule has 2 heterocycles. The number of benzene rings is 1. The maximum atomic E-state index is 13.5. The lowest BCUT2D eigenvalue weighted by molar-refractivity contribution is -0.137. The van der Waals surface area contributed by atoms with E-state index in [0.29, 0.717) is 24.0 Å². The number of halogens is 3. The van der Waals surface area contributed by atoms with Gasteiger partial charge in [-0.25, -0.2) is 9.80 Å². The maximum Gasteiger partial charge on any atom is 0.426 e. The summed E-state index contributed by atoms with van der Waals surface area (Å²) >= 11 is 1.28. The smallest absolute Gasteiger partial charge is 0.426 e. The molecule has 204 valence electrons. The summed E-state index contributed by atoms with van der Waals surface area (Å²) < 4.78 is 48.1. The third kappa shape index (κ3) is 7.13. The molecular weight excluding hydrogens is 509 g/mol. The fourth-order valence-electron chi connectivity index (χ4n) is 3.72. The molecular formula is C25H33F3N4O4S. The third-order valence-electron chi connectivity index (χ3n) is 5.75. The number of carboxylic acid groups (broad SMARTS) is 1. The van der Waals surface area contributed by atoms with Crippen molar-refractivity contribution in [2.24, 2.45) is 4.99 Å². The van der Waals surface area contributed by atoms with Gasteiger partial charge in [0.15, 0.2) is 4.80 Å². The number of nitrogens with one attached hydrogen (secondary N) is 1. The number of hydrogen-bond donors (Lipinski definition) is 2. The molecule has 0 aliphatic carbocycles. The van der Waals surface area contributed by atoms with Crippen molar-refractivity contribution in [2.75, 3.05) is 12.0 Å². The van der Waals surface area contributed by atoms with Crippen LogP contribution in [0, 0.1) is 0 Å². The molecule has 1 aromatic heterocycles. The Bertz CT molecular complexity index is 1220. The van der Waals surface area contributed by atoms with Gasteiger partial charge in [0, 0.05) is 17.7 Å². The number of rotatable bonds is 5. The van der Waals surface area contributed by atoms with Gasteiger partial charge in [0.25, 0.3) is 5.91 Å². The van der Waals surface area contributed by atoms with Gasteiger partial charge in [0.05, 0.1) is 35.0 Å². The number of alkyl halides is 3. The number of thiazole rings is 1. The lowest BCUT2D eigenvalue weighted by Gasteiger charge is -2.34. The van der Waals surface area contributed by atoms with E-state index in [1.54, 1.807) is 25.3 Å². The molecule has 1 aromatic carbocycles. The minimum atomic E-state index is -4.70. The Morgan fingerprint density at radius 2 is 1.89 bits per heavy atom. The van der Waals surface area contributed by atoms with E-state index in [9.17, 15) is 27.9 Å². The second kappa shape index (κ2) is 10.5. The average molecular weight is 543 g/mol. The van der Waals surface area contributed by atoms with E-state index in [2.05, 4.69) is 10.4 Å². The molecule has 37 heavy (non-hydrogen) atoms. The van der Waals surface area contributed by atoms with Crippen molar-refractivity contribution in [1.82, 2.24) is 9.58 Å². The standard InChI is InChI=1S/C25H33F3N4O4S/c1-23(2,3)19-14-31(13-16-8-7-11-36-16)21(37-19)29-20(33)17-12-15(25(26,27)28)9-10-18(17)30-32(22(34)35)24(4,5)6/h9-10,12,14,16,30H,7-8,11,13H2,1-6H3,(H,34,35)/t16-/m1/s1. The molecule has 2 aromatic rings. The molecule has 3 rings (SSSR count). The third-order valence-corrected chi connectivity index (χ3v) is 7.20. The van der Waals surface area contributed by atoms with Crippen LogP contribution in [0.1, 0.15) is 75.2 Å². The van der Waals surface area contributed by atoms with Crippen molar-refractivity contribution < 1.29 is 32.6 Å². The van der Waals surface area contributed by atoms with E-state index in [4.69, 9.17) is 4.74 Å². The molecule has 2 N–H and O–H groups in total. The Kier molecular flexibility index (Phi) is 8.13. The Morgan fingerprint density at radius 3 is 2.41 bits per heavy atom. The highest BCUT2D eigenvalue weighted by Crippen LogP contribution is 2.33.